The molecule has 1 aromatic rings. The second-order valence-electron chi connectivity index (χ2n) is 5.34. The third-order valence-electron chi connectivity index (χ3n) is 3.91. The average molecular weight is 307 g/mol. The van der Waals surface area contributed by atoms with Crippen LogP contribution in [0.4, 0.5) is 0 Å². The van der Waals surface area contributed by atoms with Crippen LogP contribution in [0.3, 0.4) is 0 Å². The van der Waals surface area contributed by atoms with Crippen LogP contribution in [0, 0.1) is 0 Å². The fourth-order valence-corrected chi connectivity index (χ4v) is 2.37. The first-order chi connectivity index (χ1) is 10.6. The Kier molecular flexibility index (Phi) is 5.35. The Hall–Kier alpha value is -2.11. The van der Waals surface area contributed by atoms with E-state index in [4.69, 9.17) is 19.9 Å². The number of nitrogens with two attached hydrogens (primary N) is 1. The van der Waals surface area contributed by atoms with Gasteiger partial charge in [0.2, 0.25) is 0 Å². The summed E-state index contributed by atoms with van der Waals surface area (Å²) in [7, 11) is 6.88. The van der Waals surface area contributed by atoms with Gasteiger partial charge in [-0.3, -0.25) is 4.99 Å². The van der Waals surface area contributed by atoms with Crippen LogP contribution in [0.5, 0.6) is 17.2 Å². The van der Waals surface area contributed by atoms with E-state index in [1.165, 1.54) is 12.8 Å². The summed E-state index contributed by atoms with van der Waals surface area (Å²) in [5, 5.41) is 0. The number of nitrogens with zero attached hydrogens (tertiary/aromatic N) is 2. The fraction of sp³-hybridized carbons (Fsp3) is 0.562. The molecule has 6 nitrogen and oxygen atoms in total. The molecule has 22 heavy (non-hydrogen) atoms. The van der Waals surface area contributed by atoms with Crippen molar-refractivity contribution >= 4 is 5.96 Å². The standard InChI is InChI=1S/C16H25N3O3/c1-19(11-5-6-11)16(17)18-8-7-13-14(21-3)9-12(20-2)10-15(13)22-4/h9-11H,5-8H2,1-4H3,(H2,17,18). The van der Waals surface area contributed by atoms with Crippen molar-refractivity contribution in [2.24, 2.45) is 10.7 Å². The summed E-state index contributed by atoms with van der Waals surface area (Å²) in [6.07, 6.45) is 3.09. The maximum absolute atomic E-state index is 6.00. The van der Waals surface area contributed by atoms with Crippen molar-refractivity contribution in [3.05, 3.63) is 17.7 Å². The Balaban J connectivity index is 2.09. The zero-order chi connectivity index (χ0) is 16.1. The summed E-state index contributed by atoms with van der Waals surface area (Å²) >= 11 is 0. The van der Waals surface area contributed by atoms with Crippen molar-refractivity contribution in [2.45, 2.75) is 25.3 Å². The molecule has 0 radical (unpaired) electrons. The van der Waals surface area contributed by atoms with Crippen LogP contribution in [0.1, 0.15) is 18.4 Å². The topological polar surface area (TPSA) is 69.3 Å². The minimum atomic E-state index is 0.564. The Morgan fingerprint density at radius 2 is 1.77 bits per heavy atom. The molecule has 6 heteroatoms. The van der Waals surface area contributed by atoms with Crippen molar-refractivity contribution in [3.63, 3.8) is 0 Å². The smallest absolute Gasteiger partial charge is 0.191 e. The average Bonchev–Trinajstić information content (AvgIpc) is 3.38. The molecule has 122 valence electrons. The van der Waals surface area contributed by atoms with Crippen LogP contribution in [0.25, 0.3) is 0 Å². The van der Waals surface area contributed by atoms with Crippen LogP contribution < -0.4 is 19.9 Å². The molecule has 1 aliphatic carbocycles. The molecule has 0 amide bonds. The largest absolute Gasteiger partial charge is 0.496 e. The van der Waals surface area contributed by atoms with Gasteiger partial charge in [0.25, 0.3) is 0 Å². The molecule has 2 N–H and O–H groups in total. The lowest BCUT2D eigenvalue weighted by Crippen LogP contribution is -2.35. The molecule has 0 aromatic heterocycles. The lowest BCUT2D eigenvalue weighted by atomic mass is 10.1. The molecule has 0 spiro atoms. The Morgan fingerprint density at radius 3 is 2.23 bits per heavy atom. The lowest BCUT2D eigenvalue weighted by Gasteiger charge is -2.17. The summed E-state index contributed by atoms with van der Waals surface area (Å²) in [6, 6.07) is 4.26. The van der Waals surface area contributed by atoms with Crippen LogP contribution in [0.2, 0.25) is 0 Å². The molecule has 2 rings (SSSR count). The predicted molar refractivity (Wildman–Crippen MR) is 87.1 cm³/mol. The quantitative estimate of drug-likeness (QED) is 0.613. The summed E-state index contributed by atoms with van der Waals surface area (Å²) in [5.74, 6) is 2.77. The van der Waals surface area contributed by atoms with Gasteiger partial charge in [0.05, 0.1) is 21.3 Å². The van der Waals surface area contributed by atoms with Crippen LogP contribution in [-0.4, -0.2) is 51.8 Å². The maximum Gasteiger partial charge on any atom is 0.191 e. The normalized spacial score (nSPS) is 14.6. The monoisotopic (exact) mass is 307 g/mol. The van der Waals surface area contributed by atoms with Gasteiger partial charge >= 0.3 is 0 Å². The van der Waals surface area contributed by atoms with Gasteiger partial charge in [0, 0.05) is 37.3 Å². The molecule has 1 saturated carbocycles. The van der Waals surface area contributed by atoms with Gasteiger partial charge in [-0.1, -0.05) is 0 Å². The number of ether oxygens (including phenoxy) is 3. The summed E-state index contributed by atoms with van der Waals surface area (Å²) in [4.78, 5) is 6.50. The highest BCUT2D eigenvalue weighted by Crippen LogP contribution is 2.34. The van der Waals surface area contributed by atoms with Crippen LogP contribution >= 0.6 is 0 Å². The first kappa shape index (κ1) is 16.3. The molecule has 0 atom stereocenters. The summed E-state index contributed by atoms with van der Waals surface area (Å²) < 4.78 is 16.1. The fourth-order valence-electron chi connectivity index (χ4n) is 2.37. The summed E-state index contributed by atoms with van der Waals surface area (Å²) in [6.45, 7) is 0.585. The number of aliphatic imine (C=N–C) groups is 1. The zero-order valence-electron chi connectivity index (χ0n) is 13.8. The number of hydrogen-bond acceptors (Lipinski definition) is 4. The Morgan fingerprint density at radius 1 is 1.18 bits per heavy atom. The van der Waals surface area contributed by atoms with Gasteiger partial charge in [-0.15, -0.1) is 0 Å². The molecule has 0 unspecified atom stereocenters. The maximum atomic E-state index is 6.00. The van der Waals surface area contributed by atoms with Crippen molar-refractivity contribution in [2.75, 3.05) is 34.9 Å². The van der Waals surface area contributed by atoms with Crippen molar-refractivity contribution in [3.8, 4) is 17.2 Å². The van der Waals surface area contributed by atoms with Crippen molar-refractivity contribution in [1.82, 2.24) is 4.90 Å². The molecule has 0 heterocycles. The molecular formula is C16H25N3O3. The summed E-state index contributed by atoms with van der Waals surface area (Å²) in [5.41, 5.74) is 6.97. The second-order valence-corrected chi connectivity index (χ2v) is 5.34. The number of guanidine groups is 1. The lowest BCUT2D eigenvalue weighted by molar-refractivity contribution is 0.369. The SMILES string of the molecule is COc1cc(OC)c(CCN=C(N)N(C)C2CC2)c(OC)c1. The molecule has 1 aromatic carbocycles. The van der Waals surface area contributed by atoms with E-state index >= 15 is 0 Å². The van der Waals surface area contributed by atoms with Gasteiger partial charge in [-0.2, -0.15) is 0 Å². The molecule has 1 fully saturated rings. The third-order valence-corrected chi connectivity index (χ3v) is 3.91. The van der Waals surface area contributed by atoms with Gasteiger partial charge < -0.3 is 24.8 Å². The molecule has 1 aliphatic rings. The first-order valence-electron chi connectivity index (χ1n) is 7.42. The van der Waals surface area contributed by atoms with E-state index in [1.807, 2.05) is 24.1 Å². The highest BCUT2D eigenvalue weighted by Gasteiger charge is 2.27. The number of hydrogen-bond donors (Lipinski definition) is 1. The van der Waals surface area contributed by atoms with E-state index in [9.17, 15) is 0 Å². The Bertz CT molecular complexity index is 516. The van der Waals surface area contributed by atoms with E-state index in [0.29, 0.717) is 30.7 Å². The van der Waals surface area contributed by atoms with Gasteiger partial charge in [0.1, 0.15) is 17.2 Å². The minimum Gasteiger partial charge on any atom is -0.496 e. The number of methoxy groups -OCH3 is 3. The van der Waals surface area contributed by atoms with E-state index in [2.05, 4.69) is 4.99 Å². The Labute approximate surface area is 131 Å². The highest BCUT2D eigenvalue weighted by atomic mass is 16.5. The van der Waals surface area contributed by atoms with E-state index in [0.717, 1.165) is 17.1 Å². The van der Waals surface area contributed by atoms with E-state index in [-0.39, 0.29) is 0 Å². The van der Waals surface area contributed by atoms with E-state index < -0.39 is 0 Å². The van der Waals surface area contributed by atoms with Crippen molar-refractivity contribution < 1.29 is 14.2 Å². The minimum absolute atomic E-state index is 0.564. The van der Waals surface area contributed by atoms with Crippen molar-refractivity contribution in [1.29, 1.82) is 0 Å². The van der Waals surface area contributed by atoms with Gasteiger partial charge in [-0.25, -0.2) is 0 Å². The molecular weight excluding hydrogens is 282 g/mol. The molecule has 0 aliphatic heterocycles. The number of rotatable bonds is 7. The molecule has 0 saturated heterocycles. The first-order valence-corrected chi connectivity index (χ1v) is 7.42. The second kappa shape index (κ2) is 7.24. The third kappa shape index (κ3) is 3.75. The zero-order valence-corrected chi connectivity index (χ0v) is 13.8. The highest BCUT2D eigenvalue weighted by molar-refractivity contribution is 5.78. The molecule has 0 bridgehead atoms. The van der Waals surface area contributed by atoms with Crippen LogP contribution in [-0.2, 0) is 6.42 Å². The van der Waals surface area contributed by atoms with Crippen LogP contribution in [0.15, 0.2) is 17.1 Å². The number of benzene rings is 1. The van der Waals surface area contributed by atoms with Gasteiger partial charge in [0.15, 0.2) is 5.96 Å². The van der Waals surface area contributed by atoms with Gasteiger partial charge in [-0.05, 0) is 19.3 Å². The predicted octanol–water partition coefficient (Wildman–Crippen LogP) is 1.66. The van der Waals surface area contributed by atoms with E-state index in [1.54, 1.807) is 21.3 Å².